The normalized spacial score (nSPS) is 12.4. The van der Waals surface area contributed by atoms with Gasteiger partial charge in [0.25, 0.3) is 0 Å². The Morgan fingerprint density at radius 2 is 1.74 bits per heavy atom. The van der Waals surface area contributed by atoms with Crippen molar-refractivity contribution in [1.82, 2.24) is 10.2 Å². The molecule has 164 valence electrons. The number of anilines is 2. The third-order valence-corrected chi connectivity index (χ3v) is 6.89. The summed E-state index contributed by atoms with van der Waals surface area (Å²) in [5.74, 6) is -0.532. The Labute approximate surface area is 195 Å². The highest BCUT2D eigenvalue weighted by Gasteiger charge is 2.32. The van der Waals surface area contributed by atoms with E-state index >= 15 is 0 Å². The van der Waals surface area contributed by atoms with Gasteiger partial charge in [-0.05, 0) is 31.5 Å². The van der Waals surface area contributed by atoms with Crippen LogP contribution in [-0.4, -0.2) is 36.8 Å². The zero-order chi connectivity index (χ0) is 22.8. The summed E-state index contributed by atoms with van der Waals surface area (Å²) in [4.78, 5) is 13.0. The van der Waals surface area contributed by atoms with Crippen LogP contribution in [0.3, 0.4) is 0 Å². The van der Waals surface area contributed by atoms with E-state index < -0.39 is 22.0 Å². The summed E-state index contributed by atoms with van der Waals surface area (Å²) in [7, 11) is -3.82. The number of nitrogens with zero attached hydrogens (tertiary/aromatic N) is 3. The molecule has 1 heterocycles. The topological polar surface area (TPSA) is 92.3 Å². The van der Waals surface area contributed by atoms with Crippen molar-refractivity contribution in [3.8, 4) is 10.6 Å². The van der Waals surface area contributed by atoms with Crippen LogP contribution in [-0.2, 0) is 14.8 Å². The Kier molecular flexibility index (Phi) is 7.20. The Morgan fingerprint density at radius 1 is 1.13 bits per heavy atom. The number of hydrogen-bond donors (Lipinski definition) is 1. The van der Waals surface area contributed by atoms with Crippen LogP contribution >= 0.6 is 34.5 Å². The minimum atomic E-state index is -3.82. The number of carbonyl (C=O) groups is 1. The van der Waals surface area contributed by atoms with Gasteiger partial charge < -0.3 is 0 Å². The zero-order valence-corrected chi connectivity index (χ0v) is 20.1. The lowest BCUT2D eigenvalue weighted by molar-refractivity contribution is -0.117. The first-order chi connectivity index (χ1) is 14.6. The molecule has 1 atom stereocenters. The predicted octanol–water partition coefficient (Wildman–Crippen LogP) is 5.00. The molecule has 0 saturated carbocycles. The fraction of sp³-hybridized carbons (Fsp3) is 0.250. The monoisotopic (exact) mass is 498 g/mol. The third kappa shape index (κ3) is 5.74. The second-order valence-electron chi connectivity index (χ2n) is 6.88. The summed E-state index contributed by atoms with van der Waals surface area (Å²) in [6.45, 7) is 3.70. The number of sulfonamides is 1. The number of nitrogens with one attached hydrogen (secondary N) is 1. The lowest BCUT2D eigenvalue weighted by Gasteiger charge is -2.30. The van der Waals surface area contributed by atoms with E-state index in [2.05, 4.69) is 15.5 Å². The van der Waals surface area contributed by atoms with Crippen molar-refractivity contribution in [3.63, 3.8) is 0 Å². The number of amides is 1. The van der Waals surface area contributed by atoms with E-state index in [4.69, 9.17) is 23.2 Å². The van der Waals surface area contributed by atoms with E-state index in [9.17, 15) is 13.2 Å². The van der Waals surface area contributed by atoms with Crippen molar-refractivity contribution in [1.29, 1.82) is 0 Å². The van der Waals surface area contributed by atoms with Gasteiger partial charge in [-0.15, -0.1) is 10.2 Å². The lowest BCUT2D eigenvalue weighted by atomic mass is 10.2. The van der Waals surface area contributed by atoms with Crippen molar-refractivity contribution < 1.29 is 13.2 Å². The molecule has 0 aliphatic carbocycles. The molecule has 0 unspecified atom stereocenters. The van der Waals surface area contributed by atoms with Crippen LogP contribution in [0.4, 0.5) is 10.8 Å². The van der Waals surface area contributed by atoms with Crippen LogP contribution in [0.1, 0.15) is 18.9 Å². The number of rotatable bonds is 7. The van der Waals surface area contributed by atoms with E-state index in [1.165, 1.54) is 29.5 Å². The van der Waals surface area contributed by atoms with Crippen molar-refractivity contribution in [2.24, 2.45) is 0 Å². The second kappa shape index (κ2) is 9.52. The summed E-state index contributed by atoms with van der Waals surface area (Å²) in [6.07, 6.45) is 1.24. The molecular formula is C20H20Cl2N4O3S2. The number of hydrogen-bond acceptors (Lipinski definition) is 6. The van der Waals surface area contributed by atoms with Gasteiger partial charge in [0, 0.05) is 15.6 Å². The predicted molar refractivity (Wildman–Crippen MR) is 127 cm³/mol. The van der Waals surface area contributed by atoms with Gasteiger partial charge in [0.05, 0.1) is 11.9 Å². The van der Waals surface area contributed by atoms with Gasteiger partial charge in [-0.2, -0.15) is 0 Å². The van der Waals surface area contributed by atoms with Gasteiger partial charge in [-0.3, -0.25) is 14.4 Å². The highest BCUT2D eigenvalue weighted by molar-refractivity contribution is 7.92. The number of aromatic nitrogens is 2. The molecule has 11 heteroatoms. The summed E-state index contributed by atoms with van der Waals surface area (Å²) < 4.78 is 26.1. The van der Waals surface area contributed by atoms with Crippen LogP contribution in [0.15, 0.2) is 42.5 Å². The molecule has 3 aromatic rings. The summed E-state index contributed by atoms with van der Waals surface area (Å²) in [6, 6.07) is 11.1. The van der Waals surface area contributed by atoms with E-state index in [1.807, 2.05) is 31.2 Å². The Bertz CT molecular complexity index is 1180. The largest absolute Gasteiger partial charge is 0.299 e. The molecule has 0 fully saturated rings. The van der Waals surface area contributed by atoms with E-state index in [0.29, 0.717) is 5.01 Å². The molecule has 0 radical (unpaired) electrons. The second-order valence-corrected chi connectivity index (χ2v) is 10.6. The summed E-state index contributed by atoms with van der Waals surface area (Å²) in [5.41, 5.74) is 2.20. The summed E-state index contributed by atoms with van der Waals surface area (Å²) >= 11 is 13.3. The van der Waals surface area contributed by atoms with Gasteiger partial charge in [-0.25, -0.2) is 8.42 Å². The number of benzene rings is 2. The number of aryl methyl sites for hydroxylation is 1. The quantitative estimate of drug-likeness (QED) is 0.494. The van der Waals surface area contributed by atoms with E-state index in [1.54, 1.807) is 6.92 Å². The Morgan fingerprint density at radius 3 is 2.29 bits per heavy atom. The molecule has 0 aliphatic rings. The molecule has 3 rings (SSSR count). The SMILES string of the molecule is CC[C@H](C(=O)Nc1nnc(-c2ccc(C)cc2)s1)N(c1cc(Cl)cc(Cl)c1)S(C)(=O)=O. The molecule has 2 aromatic carbocycles. The van der Waals surface area contributed by atoms with Gasteiger partial charge in [0.15, 0.2) is 0 Å². The molecule has 0 saturated heterocycles. The molecule has 0 bridgehead atoms. The van der Waals surface area contributed by atoms with Crippen molar-refractivity contribution >= 4 is 61.3 Å². The van der Waals surface area contributed by atoms with Gasteiger partial charge in [0.2, 0.25) is 21.1 Å². The van der Waals surface area contributed by atoms with Crippen molar-refractivity contribution in [2.75, 3.05) is 15.9 Å². The fourth-order valence-corrected chi connectivity index (χ4v) is 5.46. The molecule has 1 amide bonds. The molecule has 0 spiro atoms. The van der Waals surface area contributed by atoms with Crippen LogP contribution in [0.2, 0.25) is 10.0 Å². The highest BCUT2D eigenvalue weighted by atomic mass is 35.5. The smallest absolute Gasteiger partial charge is 0.250 e. The standard InChI is InChI=1S/C20H20Cl2N4O3S2/c1-4-17(26(31(3,28)29)16-10-14(21)9-15(22)11-16)18(27)23-20-25-24-19(30-20)13-7-5-12(2)6-8-13/h5-11,17H,4H2,1-3H3,(H,23,25,27)/t17-/m1/s1. The maximum atomic E-state index is 13.0. The van der Waals surface area contributed by atoms with Crippen molar-refractivity contribution in [3.05, 3.63) is 58.1 Å². The fourth-order valence-electron chi connectivity index (χ4n) is 3.00. The summed E-state index contributed by atoms with van der Waals surface area (Å²) in [5, 5.41) is 12.3. The zero-order valence-electron chi connectivity index (χ0n) is 17.0. The van der Waals surface area contributed by atoms with Crippen molar-refractivity contribution in [2.45, 2.75) is 26.3 Å². The van der Waals surface area contributed by atoms with Gasteiger partial charge >= 0.3 is 0 Å². The Hall–Kier alpha value is -2.20. The Balaban J connectivity index is 1.88. The number of carbonyl (C=O) groups excluding carboxylic acids is 1. The average molecular weight is 499 g/mol. The van der Waals surface area contributed by atoms with Gasteiger partial charge in [0.1, 0.15) is 11.0 Å². The maximum absolute atomic E-state index is 13.0. The molecule has 7 nitrogen and oxygen atoms in total. The molecule has 0 aliphatic heterocycles. The third-order valence-electron chi connectivity index (χ3n) is 4.39. The van der Waals surface area contributed by atoms with Crippen LogP contribution in [0, 0.1) is 6.92 Å². The first-order valence-electron chi connectivity index (χ1n) is 9.25. The molecule has 1 N–H and O–H groups in total. The van der Waals surface area contributed by atoms with Crippen LogP contribution in [0.5, 0.6) is 0 Å². The van der Waals surface area contributed by atoms with Gasteiger partial charge in [-0.1, -0.05) is 71.3 Å². The van der Waals surface area contributed by atoms with Crippen LogP contribution < -0.4 is 9.62 Å². The first-order valence-corrected chi connectivity index (χ1v) is 12.7. The minimum Gasteiger partial charge on any atom is -0.299 e. The lowest BCUT2D eigenvalue weighted by Crippen LogP contribution is -2.47. The van der Waals surface area contributed by atoms with Crippen LogP contribution in [0.25, 0.3) is 10.6 Å². The number of halogens is 2. The molecule has 1 aromatic heterocycles. The molecule has 31 heavy (non-hydrogen) atoms. The molecular weight excluding hydrogens is 479 g/mol. The first kappa shape index (κ1) is 23.5. The minimum absolute atomic E-state index is 0.208. The van der Waals surface area contributed by atoms with E-state index in [0.717, 1.165) is 21.7 Å². The average Bonchev–Trinajstić information content (AvgIpc) is 3.13. The maximum Gasteiger partial charge on any atom is 0.250 e. The van der Waals surface area contributed by atoms with E-state index in [-0.39, 0.29) is 27.3 Å². The highest BCUT2D eigenvalue weighted by Crippen LogP contribution is 2.31.